The van der Waals surface area contributed by atoms with Crippen LogP contribution in [0, 0.1) is 17.8 Å². The van der Waals surface area contributed by atoms with Crippen LogP contribution in [-0.4, -0.2) is 42.3 Å². The van der Waals surface area contributed by atoms with Crippen LogP contribution in [0.1, 0.15) is 52.0 Å². The Morgan fingerprint density at radius 1 is 1.16 bits per heavy atom. The van der Waals surface area contributed by atoms with E-state index in [0.717, 1.165) is 34.8 Å². The summed E-state index contributed by atoms with van der Waals surface area (Å²) in [4.78, 5) is 25.2. The molecule has 0 radical (unpaired) electrons. The fourth-order valence-electron chi connectivity index (χ4n) is 4.61. The number of fused-ring (bicyclic) bond motifs is 2. The molecule has 2 fully saturated rings. The number of amides is 2. The van der Waals surface area contributed by atoms with Gasteiger partial charge < -0.3 is 20.1 Å². The molecule has 7 heteroatoms. The molecule has 172 valence electrons. The van der Waals surface area contributed by atoms with E-state index in [4.69, 9.17) is 9.47 Å². The molecule has 4 atom stereocenters. The molecular weight excluding hydrogens is 412 g/mol. The Hall–Kier alpha value is -1.89. The summed E-state index contributed by atoms with van der Waals surface area (Å²) >= 11 is 1.77. The van der Waals surface area contributed by atoms with E-state index in [1.165, 1.54) is 25.7 Å². The van der Waals surface area contributed by atoms with Gasteiger partial charge in [-0.15, -0.1) is 0 Å². The van der Waals surface area contributed by atoms with Crippen molar-refractivity contribution in [2.24, 2.45) is 17.8 Å². The molecule has 0 aromatic heterocycles. The molecule has 0 aliphatic heterocycles. The predicted octanol–water partition coefficient (Wildman–Crippen LogP) is 4.37. The second kappa shape index (κ2) is 10.6. The minimum absolute atomic E-state index is 0.192. The first-order chi connectivity index (χ1) is 14.7. The summed E-state index contributed by atoms with van der Waals surface area (Å²) in [5, 5.41) is 5.72. The molecule has 2 bridgehead atoms. The zero-order chi connectivity index (χ0) is 22.4. The van der Waals surface area contributed by atoms with Crippen LogP contribution in [0.4, 0.5) is 4.79 Å². The van der Waals surface area contributed by atoms with Gasteiger partial charge in [-0.05, 0) is 81.2 Å². The molecule has 0 heterocycles. The first-order valence-corrected chi connectivity index (χ1v) is 12.4. The number of thioether (sulfide) groups is 1. The number of nitrogens with one attached hydrogen (secondary N) is 2. The average molecular weight is 449 g/mol. The van der Waals surface area contributed by atoms with E-state index in [0.29, 0.717) is 12.3 Å². The Morgan fingerprint density at radius 3 is 2.48 bits per heavy atom. The van der Waals surface area contributed by atoms with Crippen molar-refractivity contribution in [1.82, 2.24) is 10.6 Å². The normalized spacial score (nSPS) is 23.3. The van der Waals surface area contributed by atoms with Gasteiger partial charge in [0.1, 0.15) is 17.4 Å². The van der Waals surface area contributed by atoms with E-state index in [1.54, 1.807) is 18.9 Å². The van der Waals surface area contributed by atoms with Gasteiger partial charge in [-0.3, -0.25) is 4.79 Å². The third kappa shape index (κ3) is 7.34. The van der Waals surface area contributed by atoms with E-state index in [2.05, 4.69) is 10.6 Å². The summed E-state index contributed by atoms with van der Waals surface area (Å²) in [6, 6.07) is 6.93. The number of benzene rings is 1. The van der Waals surface area contributed by atoms with Crippen molar-refractivity contribution in [3.05, 3.63) is 29.8 Å². The molecule has 0 spiro atoms. The fourth-order valence-corrected chi connectivity index (χ4v) is 5.92. The van der Waals surface area contributed by atoms with Crippen LogP contribution in [-0.2, 0) is 16.1 Å². The number of alkyl carbamates (subject to hydrolysis) is 1. The first kappa shape index (κ1) is 23.8. The molecule has 2 amide bonds. The second-order valence-electron chi connectivity index (χ2n) is 9.74. The molecule has 1 aromatic rings. The van der Waals surface area contributed by atoms with Crippen LogP contribution in [0.25, 0.3) is 0 Å². The molecule has 3 rings (SSSR count). The van der Waals surface area contributed by atoms with E-state index in [1.807, 2.05) is 45.0 Å². The van der Waals surface area contributed by atoms with Gasteiger partial charge in [-0.1, -0.05) is 18.6 Å². The number of ether oxygens (including phenoxy) is 2. The van der Waals surface area contributed by atoms with Crippen molar-refractivity contribution in [1.29, 1.82) is 0 Å². The highest BCUT2D eigenvalue weighted by atomic mass is 32.2. The molecule has 2 aliphatic carbocycles. The number of methoxy groups -OCH3 is 1. The maximum Gasteiger partial charge on any atom is 0.408 e. The molecule has 0 saturated heterocycles. The Morgan fingerprint density at radius 2 is 1.90 bits per heavy atom. The molecule has 6 nitrogen and oxygen atoms in total. The van der Waals surface area contributed by atoms with Crippen molar-refractivity contribution < 1.29 is 19.1 Å². The number of hydrogen-bond donors (Lipinski definition) is 2. The summed E-state index contributed by atoms with van der Waals surface area (Å²) in [7, 11) is 1.62. The summed E-state index contributed by atoms with van der Waals surface area (Å²) in [6.07, 6.45) is 4.90. The van der Waals surface area contributed by atoms with E-state index >= 15 is 0 Å². The Kier molecular flexibility index (Phi) is 8.14. The van der Waals surface area contributed by atoms with Gasteiger partial charge in [0.2, 0.25) is 5.91 Å². The first-order valence-electron chi connectivity index (χ1n) is 11.2. The lowest BCUT2D eigenvalue weighted by atomic mass is 9.90. The molecule has 2 aliphatic rings. The second-order valence-corrected chi connectivity index (χ2v) is 10.8. The van der Waals surface area contributed by atoms with E-state index in [-0.39, 0.29) is 5.91 Å². The topological polar surface area (TPSA) is 76.7 Å². The lowest BCUT2D eigenvalue weighted by Gasteiger charge is -2.25. The smallest absolute Gasteiger partial charge is 0.408 e. The SMILES string of the molecule is COc1ccc(CNC(=O)[C@H](CSC[C@@H]2C[C@@H]3CC[C@H]2C3)NC(=O)OC(C)(C)C)cc1. The van der Waals surface area contributed by atoms with Gasteiger partial charge in [0.05, 0.1) is 7.11 Å². The Bertz CT molecular complexity index is 747. The number of carbonyl (C=O) groups is 2. The lowest BCUT2D eigenvalue weighted by Crippen LogP contribution is -2.49. The maximum absolute atomic E-state index is 12.9. The van der Waals surface area contributed by atoms with Crippen LogP contribution in [0.5, 0.6) is 5.75 Å². The van der Waals surface area contributed by atoms with Crippen LogP contribution in [0.2, 0.25) is 0 Å². The lowest BCUT2D eigenvalue weighted by molar-refractivity contribution is -0.122. The molecule has 1 aromatic carbocycles. The monoisotopic (exact) mass is 448 g/mol. The van der Waals surface area contributed by atoms with Gasteiger partial charge in [0.25, 0.3) is 0 Å². The highest BCUT2D eigenvalue weighted by Gasteiger charge is 2.39. The highest BCUT2D eigenvalue weighted by Crippen LogP contribution is 2.49. The maximum atomic E-state index is 12.9. The van der Waals surface area contributed by atoms with E-state index < -0.39 is 17.7 Å². The minimum Gasteiger partial charge on any atom is -0.497 e. The zero-order valence-corrected chi connectivity index (χ0v) is 19.9. The standard InChI is InChI=1S/C24H36N2O4S/c1-24(2,3)30-23(28)26-21(15-31-14-19-12-17-5-8-18(19)11-17)22(27)25-13-16-6-9-20(29-4)10-7-16/h6-7,9-10,17-19,21H,5,8,11-15H2,1-4H3,(H,25,27)(H,26,28)/t17-,18+,19+,21+/m1/s1. The van der Waals surface area contributed by atoms with Crippen molar-refractivity contribution >= 4 is 23.8 Å². The fraction of sp³-hybridized carbons (Fsp3) is 0.667. The Balaban J connectivity index is 1.52. The number of carbonyl (C=O) groups excluding carboxylic acids is 2. The Labute approximate surface area is 190 Å². The summed E-state index contributed by atoms with van der Waals surface area (Å²) in [5.41, 5.74) is 0.365. The molecule has 0 unspecified atom stereocenters. The highest BCUT2D eigenvalue weighted by molar-refractivity contribution is 7.99. The minimum atomic E-state index is -0.628. The number of rotatable bonds is 9. The largest absolute Gasteiger partial charge is 0.497 e. The molecular formula is C24H36N2O4S. The van der Waals surface area contributed by atoms with Crippen molar-refractivity contribution in [3.63, 3.8) is 0 Å². The van der Waals surface area contributed by atoms with Gasteiger partial charge in [0.15, 0.2) is 0 Å². The third-order valence-corrected chi connectivity index (χ3v) is 7.37. The third-order valence-electron chi connectivity index (χ3n) is 6.13. The van der Waals surface area contributed by atoms with Crippen LogP contribution in [0.15, 0.2) is 24.3 Å². The summed E-state index contributed by atoms with van der Waals surface area (Å²) in [5.74, 6) is 4.71. The molecule has 2 saturated carbocycles. The van der Waals surface area contributed by atoms with Crippen molar-refractivity contribution in [2.45, 2.75) is 64.6 Å². The zero-order valence-electron chi connectivity index (χ0n) is 19.1. The molecule has 2 N–H and O–H groups in total. The predicted molar refractivity (Wildman–Crippen MR) is 124 cm³/mol. The summed E-state index contributed by atoms with van der Waals surface area (Å²) in [6.45, 7) is 5.84. The molecule has 31 heavy (non-hydrogen) atoms. The summed E-state index contributed by atoms with van der Waals surface area (Å²) < 4.78 is 10.5. The van der Waals surface area contributed by atoms with Crippen LogP contribution in [0.3, 0.4) is 0 Å². The van der Waals surface area contributed by atoms with E-state index in [9.17, 15) is 9.59 Å². The van der Waals surface area contributed by atoms with Crippen LogP contribution >= 0.6 is 11.8 Å². The van der Waals surface area contributed by atoms with Gasteiger partial charge in [0, 0.05) is 12.3 Å². The van der Waals surface area contributed by atoms with Gasteiger partial charge >= 0.3 is 6.09 Å². The van der Waals surface area contributed by atoms with Crippen molar-refractivity contribution in [3.8, 4) is 5.75 Å². The van der Waals surface area contributed by atoms with Gasteiger partial charge in [-0.25, -0.2) is 4.79 Å². The van der Waals surface area contributed by atoms with Gasteiger partial charge in [-0.2, -0.15) is 11.8 Å². The van der Waals surface area contributed by atoms with Crippen molar-refractivity contribution in [2.75, 3.05) is 18.6 Å². The quantitative estimate of drug-likeness (QED) is 0.586. The van der Waals surface area contributed by atoms with Crippen LogP contribution < -0.4 is 15.4 Å². The number of hydrogen-bond acceptors (Lipinski definition) is 5. The average Bonchev–Trinajstić information content (AvgIpc) is 3.33.